The molecular weight excluding hydrogens is 319 g/mol. The van der Waals surface area contributed by atoms with E-state index in [0.29, 0.717) is 18.2 Å². The Labute approximate surface area is 145 Å². The maximum atomic E-state index is 13.1. The Hall–Kier alpha value is -2.95. The Morgan fingerprint density at radius 2 is 1.92 bits per heavy atom. The maximum Gasteiger partial charge on any atom is 0.153 e. The third-order valence-electron chi connectivity index (χ3n) is 4.34. The number of aromatic nitrogens is 1. The van der Waals surface area contributed by atoms with Crippen LogP contribution in [0.5, 0.6) is 5.75 Å². The number of pyridine rings is 1. The zero-order chi connectivity index (χ0) is 18.0. The van der Waals surface area contributed by atoms with Crippen molar-refractivity contribution in [3.05, 3.63) is 65.1 Å². The predicted octanol–water partition coefficient (Wildman–Crippen LogP) is 3.94. The summed E-state index contributed by atoms with van der Waals surface area (Å²) in [6.45, 7) is 2.76. The van der Waals surface area contributed by atoms with E-state index in [-0.39, 0.29) is 17.1 Å². The molecule has 25 heavy (non-hydrogen) atoms. The lowest BCUT2D eigenvalue weighted by Crippen LogP contribution is -2.16. The number of anilines is 1. The van der Waals surface area contributed by atoms with Gasteiger partial charge in [0, 0.05) is 30.9 Å². The first-order valence-electron chi connectivity index (χ1n) is 8.08. The average molecular weight is 338 g/mol. The molecule has 0 fully saturated rings. The van der Waals surface area contributed by atoms with Gasteiger partial charge in [0.25, 0.3) is 0 Å². The molecule has 0 aliphatic carbocycles. The summed E-state index contributed by atoms with van der Waals surface area (Å²) in [4.78, 5) is 17.6. The summed E-state index contributed by atoms with van der Waals surface area (Å²) >= 11 is 0. The van der Waals surface area contributed by atoms with Crippen LogP contribution in [0.25, 0.3) is 10.9 Å². The first kappa shape index (κ1) is 16.9. The van der Waals surface area contributed by atoms with E-state index in [4.69, 9.17) is 0 Å². The molecule has 2 aromatic carbocycles. The third-order valence-corrected chi connectivity index (χ3v) is 4.34. The van der Waals surface area contributed by atoms with Gasteiger partial charge in [-0.25, -0.2) is 4.39 Å². The van der Waals surface area contributed by atoms with Crippen LogP contribution in [-0.2, 0) is 6.42 Å². The Kier molecular flexibility index (Phi) is 4.65. The SMILES string of the molecule is CCN(C)c1cc(C=O)c(O)c2ncc(Cc3ccc(F)cc3)cc12. The number of nitrogens with zero attached hydrogens (tertiary/aromatic N) is 2. The standard InChI is InChI=1S/C20H19FN2O2/c1-3-23(2)18-10-15(12-24)20(25)19-17(18)9-14(11-22-19)8-13-4-6-16(21)7-5-13/h4-7,9-12,25H,3,8H2,1-2H3. The fourth-order valence-electron chi connectivity index (χ4n) is 2.83. The molecule has 0 amide bonds. The second-order valence-corrected chi connectivity index (χ2v) is 6.01. The van der Waals surface area contributed by atoms with Gasteiger partial charge in [-0.2, -0.15) is 0 Å². The molecule has 0 spiro atoms. The number of phenolic OH excluding ortho intramolecular Hbond substituents is 1. The number of halogens is 1. The minimum atomic E-state index is -0.265. The van der Waals surface area contributed by atoms with E-state index in [2.05, 4.69) is 4.98 Å². The van der Waals surface area contributed by atoms with Crippen molar-refractivity contribution in [1.82, 2.24) is 4.98 Å². The Morgan fingerprint density at radius 1 is 1.20 bits per heavy atom. The van der Waals surface area contributed by atoms with Gasteiger partial charge in [-0.1, -0.05) is 12.1 Å². The van der Waals surface area contributed by atoms with Crippen molar-refractivity contribution in [2.45, 2.75) is 13.3 Å². The molecule has 0 bridgehead atoms. The van der Waals surface area contributed by atoms with Crippen molar-refractivity contribution in [2.24, 2.45) is 0 Å². The van der Waals surface area contributed by atoms with Gasteiger partial charge in [-0.15, -0.1) is 0 Å². The summed E-state index contributed by atoms with van der Waals surface area (Å²) in [5.41, 5.74) is 3.39. The number of hydrogen-bond donors (Lipinski definition) is 1. The van der Waals surface area contributed by atoms with Gasteiger partial charge >= 0.3 is 0 Å². The molecule has 1 N–H and O–H groups in total. The number of aromatic hydroxyl groups is 1. The predicted molar refractivity (Wildman–Crippen MR) is 96.9 cm³/mol. The summed E-state index contributed by atoms with van der Waals surface area (Å²) in [5, 5.41) is 11.1. The van der Waals surface area contributed by atoms with E-state index in [9.17, 15) is 14.3 Å². The van der Waals surface area contributed by atoms with E-state index in [1.807, 2.05) is 24.9 Å². The number of carbonyl (C=O) groups is 1. The molecule has 4 nitrogen and oxygen atoms in total. The van der Waals surface area contributed by atoms with Gasteiger partial charge in [0.2, 0.25) is 0 Å². The molecule has 0 aliphatic rings. The molecule has 0 atom stereocenters. The normalized spacial score (nSPS) is 10.8. The van der Waals surface area contributed by atoms with Crippen molar-refractivity contribution in [1.29, 1.82) is 0 Å². The van der Waals surface area contributed by atoms with Gasteiger partial charge in [0.1, 0.15) is 11.3 Å². The molecule has 128 valence electrons. The van der Waals surface area contributed by atoms with Crippen LogP contribution in [0.3, 0.4) is 0 Å². The Balaban J connectivity index is 2.11. The van der Waals surface area contributed by atoms with Crippen molar-refractivity contribution >= 4 is 22.9 Å². The van der Waals surface area contributed by atoms with Crippen molar-refractivity contribution in [3.8, 4) is 5.75 Å². The molecule has 5 heteroatoms. The summed E-state index contributed by atoms with van der Waals surface area (Å²) in [5.74, 6) is -0.370. The fourth-order valence-corrected chi connectivity index (χ4v) is 2.83. The first-order chi connectivity index (χ1) is 12.0. The zero-order valence-electron chi connectivity index (χ0n) is 14.2. The number of benzene rings is 2. The lowest BCUT2D eigenvalue weighted by molar-refractivity contribution is 0.112. The Bertz CT molecular complexity index is 923. The van der Waals surface area contributed by atoms with Crippen molar-refractivity contribution in [3.63, 3.8) is 0 Å². The zero-order valence-corrected chi connectivity index (χ0v) is 14.2. The third kappa shape index (κ3) is 3.31. The molecule has 1 aromatic heterocycles. The molecule has 0 aliphatic heterocycles. The van der Waals surface area contributed by atoms with E-state index < -0.39 is 0 Å². The number of aldehydes is 1. The smallest absolute Gasteiger partial charge is 0.153 e. The second kappa shape index (κ2) is 6.89. The molecule has 0 unspecified atom stereocenters. The van der Waals surface area contributed by atoms with Crippen LogP contribution < -0.4 is 4.90 Å². The van der Waals surface area contributed by atoms with Crippen LogP contribution in [0.15, 0.2) is 42.6 Å². The highest BCUT2D eigenvalue weighted by molar-refractivity contribution is 6.01. The molecular formula is C20H19FN2O2. The van der Waals surface area contributed by atoms with Crippen LogP contribution in [-0.4, -0.2) is 30.0 Å². The highest BCUT2D eigenvalue weighted by Gasteiger charge is 2.15. The highest BCUT2D eigenvalue weighted by atomic mass is 19.1. The lowest BCUT2D eigenvalue weighted by Gasteiger charge is -2.20. The van der Waals surface area contributed by atoms with Crippen LogP contribution in [0, 0.1) is 5.82 Å². The quantitative estimate of drug-likeness (QED) is 0.716. The summed E-state index contributed by atoms with van der Waals surface area (Å²) in [6.07, 6.45) is 2.92. The van der Waals surface area contributed by atoms with Crippen LogP contribution >= 0.6 is 0 Å². The molecule has 0 saturated carbocycles. The largest absolute Gasteiger partial charge is 0.505 e. The van der Waals surface area contributed by atoms with E-state index >= 15 is 0 Å². The van der Waals surface area contributed by atoms with Crippen LogP contribution in [0.1, 0.15) is 28.4 Å². The molecule has 0 radical (unpaired) electrons. The van der Waals surface area contributed by atoms with Gasteiger partial charge in [0.15, 0.2) is 12.0 Å². The molecule has 1 heterocycles. The molecule has 3 rings (SSSR count). The summed E-state index contributed by atoms with van der Waals surface area (Å²) < 4.78 is 13.1. The van der Waals surface area contributed by atoms with E-state index in [1.54, 1.807) is 24.4 Å². The van der Waals surface area contributed by atoms with Gasteiger partial charge in [-0.3, -0.25) is 9.78 Å². The number of fused-ring (bicyclic) bond motifs is 1. The van der Waals surface area contributed by atoms with E-state index in [0.717, 1.165) is 28.7 Å². The van der Waals surface area contributed by atoms with Gasteiger partial charge in [0.05, 0.1) is 5.56 Å². The van der Waals surface area contributed by atoms with Crippen molar-refractivity contribution < 1.29 is 14.3 Å². The number of rotatable bonds is 5. The average Bonchev–Trinajstić information content (AvgIpc) is 2.63. The topological polar surface area (TPSA) is 53.4 Å². The van der Waals surface area contributed by atoms with Crippen molar-refractivity contribution in [2.75, 3.05) is 18.5 Å². The minimum Gasteiger partial charge on any atom is -0.505 e. The number of carbonyl (C=O) groups excluding carboxylic acids is 1. The number of hydrogen-bond acceptors (Lipinski definition) is 4. The Morgan fingerprint density at radius 3 is 2.56 bits per heavy atom. The second-order valence-electron chi connectivity index (χ2n) is 6.01. The highest BCUT2D eigenvalue weighted by Crippen LogP contribution is 2.35. The van der Waals surface area contributed by atoms with Gasteiger partial charge < -0.3 is 10.0 Å². The maximum absolute atomic E-state index is 13.1. The van der Waals surface area contributed by atoms with Crippen LogP contribution in [0.2, 0.25) is 0 Å². The molecule has 3 aromatic rings. The summed E-state index contributed by atoms with van der Waals surface area (Å²) in [7, 11) is 1.92. The number of phenols is 1. The molecule has 0 saturated heterocycles. The van der Waals surface area contributed by atoms with Crippen LogP contribution in [0.4, 0.5) is 10.1 Å². The van der Waals surface area contributed by atoms with E-state index in [1.165, 1.54) is 12.1 Å². The van der Waals surface area contributed by atoms with Gasteiger partial charge in [-0.05, 0) is 48.7 Å². The lowest BCUT2D eigenvalue weighted by atomic mass is 10.0. The fraction of sp³-hybridized carbons (Fsp3) is 0.200. The minimum absolute atomic E-state index is 0.105. The first-order valence-corrected chi connectivity index (χ1v) is 8.08. The monoisotopic (exact) mass is 338 g/mol. The summed E-state index contributed by atoms with van der Waals surface area (Å²) in [6, 6.07) is 9.99.